The molecule has 4 nitrogen and oxygen atoms in total. The number of rotatable bonds is 4. The van der Waals surface area contributed by atoms with Crippen LogP contribution in [0.25, 0.3) is 0 Å². The zero-order valence-electron chi connectivity index (χ0n) is 16.6. The maximum Gasteiger partial charge on any atom is 0.576 e. The van der Waals surface area contributed by atoms with E-state index in [0.29, 0.717) is 0 Å². The number of fused-ring (bicyclic) bond motifs is 2. The monoisotopic (exact) mass is 366 g/mol. The highest BCUT2D eigenvalue weighted by Gasteiger charge is 2.27. The average molecular weight is 366 g/mol. The third-order valence-electron chi connectivity index (χ3n) is 5.28. The predicted molar refractivity (Wildman–Crippen MR) is 107 cm³/mol. The molecule has 2 aliphatic heterocycles. The van der Waals surface area contributed by atoms with Gasteiger partial charge < -0.3 is 18.8 Å². The first-order valence-electron chi connectivity index (χ1n) is 9.69. The molecule has 0 amide bonds. The van der Waals surface area contributed by atoms with Gasteiger partial charge in [0.25, 0.3) is 0 Å². The Morgan fingerprint density at radius 3 is 1.63 bits per heavy atom. The summed E-state index contributed by atoms with van der Waals surface area (Å²) >= 11 is 0. The SMILES string of the molecule is CC1(C)CCc2cc(OBOc3ccc4c(c3)CCC(C)(C)O4)ccc2O1. The van der Waals surface area contributed by atoms with E-state index in [0.717, 1.165) is 48.7 Å². The molecule has 0 unspecified atom stereocenters. The minimum atomic E-state index is -0.0934. The lowest BCUT2D eigenvalue weighted by Crippen LogP contribution is -2.32. The van der Waals surface area contributed by atoms with E-state index in [4.69, 9.17) is 18.8 Å². The summed E-state index contributed by atoms with van der Waals surface area (Å²) in [6.07, 6.45) is 4.02. The smallest absolute Gasteiger partial charge is 0.529 e. The van der Waals surface area contributed by atoms with Crippen molar-refractivity contribution in [2.24, 2.45) is 0 Å². The lowest BCUT2D eigenvalue weighted by Gasteiger charge is -2.32. The van der Waals surface area contributed by atoms with Crippen LogP contribution >= 0.6 is 0 Å². The van der Waals surface area contributed by atoms with Crippen molar-refractivity contribution in [3.8, 4) is 23.0 Å². The number of ether oxygens (including phenoxy) is 2. The molecule has 2 aromatic carbocycles. The van der Waals surface area contributed by atoms with Crippen molar-refractivity contribution < 1.29 is 18.8 Å². The number of hydrogen-bond acceptors (Lipinski definition) is 4. The van der Waals surface area contributed by atoms with Crippen molar-refractivity contribution in [2.75, 3.05) is 0 Å². The van der Waals surface area contributed by atoms with E-state index in [2.05, 4.69) is 39.8 Å². The Bertz CT molecular complexity index is 775. The van der Waals surface area contributed by atoms with Gasteiger partial charge in [0, 0.05) is 0 Å². The fraction of sp³-hybridized carbons (Fsp3) is 0.455. The highest BCUT2D eigenvalue weighted by Crippen LogP contribution is 2.36. The minimum Gasteiger partial charge on any atom is -0.529 e. The Morgan fingerprint density at radius 1 is 0.741 bits per heavy atom. The molecule has 0 saturated carbocycles. The lowest BCUT2D eigenvalue weighted by molar-refractivity contribution is 0.0842. The van der Waals surface area contributed by atoms with Crippen LogP contribution in [0.3, 0.4) is 0 Å². The normalized spacial score (nSPS) is 19.0. The Balaban J connectivity index is 1.35. The topological polar surface area (TPSA) is 36.9 Å². The molecule has 0 aromatic heterocycles. The van der Waals surface area contributed by atoms with E-state index in [1.54, 1.807) is 0 Å². The summed E-state index contributed by atoms with van der Waals surface area (Å²) in [4.78, 5) is 0. The van der Waals surface area contributed by atoms with Gasteiger partial charge >= 0.3 is 7.69 Å². The Labute approximate surface area is 162 Å². The van der Waals surface area contributed by atoms with Crippen molar-refractivity contribution in [1.29, 1.82) is 0 Å². The molecule has 0 radical (unpaired) electrons. The molecule has 27 heavy (non-hydrogen) atoms. The molecule has 2 heterocycles. The zero-order chi connectivity index (χ0) is 19.1. The fourth-order valence-electron chi connectivity index (χ4n) is 3.62. The molecule has 0 bridgehead atoms. The summed E-state index contributed by atoms with van der Waals surface area (Å²) in [6, 6.07) is 12.0. The summed E-state index contributed by atoms with van der Waals surface area (Å²) in [5.74, 6) is 3.52. The van der Waals surface area contributed by atoms with E-state index in [9.17, 15) is 0 Å². The van der Waals surface area contributed by atoms with Gasteiger partial charge in [-0.3, -0.25) is 0 Å². The highest BCUT2D eigenvalue weighted by atomic mass is 16.6. The van der Waals surface area contributed by atoms with Gasteiger partial charge in [-0.15, -0.1) is 0 Å². The summed E-state index contributed by atoms with van der Waals surface area (Å²) in [5.41, 5.74) is 2.20. The largest absolute Gasteiger partial charge is 0.576 e. The van der Waals surface area contributed by atoms with Crippen molar-refractivity contribution in [2.45, 2.75) is 64.6 Å². The molecule has 0 spiro atoms. The molecule has 142 valence electrons. The van der Waals surface area contributed by atoms with Gasteiger partial charge in [-0.25, -0.2) is 0 Å². The first-order chi connectivity index (χ1) is 12.8. The van der Waals surface area contributed by atoms with Gasteiger partial charge in [0.1, 0.15) is 34.2 Å². The van der Waals surface area contributed by atoms with E-state index < -0.39 is 0 Å². The molecule has 0 aliphatic carbocycles. The summed E-state index contributed by atoms with van der Waals surface area (Å²) in [6.45, 7) is 8.50. The molecular weight excluding hydrogens is 339 g/mol. The van der Waals surface area contributed by atoms with Crippen LogP contribution in [0.15, 0.2) is 36.4 Å². The van der Waals surface area contributed by atoms with Crippen molar-refractivity contribution >= 4 is 7.69 Å². The van der Waals surface area contributed by atoms with Gasteiger partial charge in [0.05, 0.1) is 0 Å². The molecule has 0 fully saturated rings. The summed E-state index contributed by atoms with van der Waals surface area (Å²) in [5, 5.41) is 0. The Kier molecular flexibility index (Phi) is 4.49. The fourth-order valence-corrected chi connectivity index (χ4v) is 3.62. The van der Waals surface area contributed by atoms with Gasteiger partial charge in [-0.05, 0) is 101 Å². The second kappa shape index (κ2) is 6.70. The second-order valence-corrected chi connectivity index (χ2v) is 8.67. The maximum absolute atomic E-state index is 6.02. The van der Waals surface area contributed by atoms with Crippen LogP contribution in [0.5, 0.6) is 23.0 Å². The maximum atomic E-state index is 6.02. The number of benzene rings is 2. The number of aryl methyl sites for hydroxylation is 2. The van der Waals surface area contributed by atoms with Gasteiger partial charge in [-0.1, -0.05) is 0 Å². The van der Waals surface area contributed by atoms with Crippen LogP contribution in [-0.2, 0) is 12.8 Å². The van der Waals surface area contributed by atoms with Crippen molar-refractivity contribution in [3.05, 3.63) is 47.5 Å². The molecule has 0 N–H and O–H groups in total. The number of hydrogen-bond donors (Lipinski definition) is 0. The third-order valence-corrected chi connectivity index (χ3v) is 5.28. The van der Waals surface area contributed by atoms with Crippen molar-refractivity contribution in [1.82, 2.24) is 0 Å². The van der Waals surface area contributed by atoms with Crippen LogP contribution in [0.1, 0.15) is 51.7 Å². The molecule has 4 rings (SSSR count). The van der Waals surface area contributed by atoms with E-state index >= 15 is 0 Å². The molecule has 2 aromatic rings. The standard InChI is InChI=1S/C22H27BO4/c1-21(2)11-9-15-13-17(5-7-19(15)24-21)26-23-27-18-6-8-20-16(14-18)10-12-22(3,4)25-20/h5-8,13-14,23H,9-12H2,1-4H3. The van der Waals surface area contributed by atoms with Crippen LogP contribution in [-0.4, -0.2) is 18.9 Å². The van der Waals surface area contributed by atoms with Crippen LogP contribution in [0.2, 0.25) is 0 Å². The quantitative estimate of drug-likeness (QED) is 0.740. The van der Waals surface area contributed by atoms with Gasteiger partial charge in [0.15, 0.2) is 0 Å². The van der Waals surface area contributed by atoms with Crippen LogP contribution < -0.4 is 18.8 Å². The van der Waals surface area contributed by atoms with Crippen LogP contribution in [0, 0.1) is 0 Å². The second-order valence-electron chi connectivity index (χ2n) is 8.67. The third kappa shape index (κ3) is 4.18. The van der Waals surface area contributed by atoms with E-state index in [-0.39, 0.29) is 18.9 Å². The first-order valence-corrected chi connectivity index (χ1v) is 9.69. The Morgan fingerprint density at radius 2 is 1.19 bits per heavy atom. The van der Waals surface area contributed by atoms with E-state index in [1.165, 1.54) is 11.1 Å². The summed E-state index contributed by atoms with van der Waals surface area (Å²) in [7, 11) is 0.177. The van der Waals surface area contributed by atoms with E-state index in [1.807, 2.05) is 24.3 Å². The van der Waals surface area contributed by atoms with Gasteiger partial charge in [0.2, 0.25) is 0 Å². The highest BCUT2D eigenvalue weighted by molar-refractivity contribution is 6.20. The zero-order valence-corrected chi connectivity index (χ0v) is 16.6. The first kappa shape index (κ1) is 18.1. The van der Waals surface area contributed by atoms with Gasteiger partial charge in [-0.2, -0.15) is 0 Å². The predicted octanol–water partition coefficient (Wildman–Crippen LogP) is 4.62. The molecular formula is C22H27BO4. The molecule has 0 atom stereocenters. The lowest BCUT2D eigenvalue weighted by atomic mass is 9.94. The Hall–Kier alpha value is -2.30. The molecule has 5 heteroatoms. The average Bonchev–Trinajstić information content (AvgIpc) is 2.61. The molecule has 2 aliphatic rings. The van der Waals surface area contributed by atoms with Crippen LogP contribution in [0.4, 0.5) is 0 Å². The van der Waals surface area contributed by atoms with Crippen molar-refractivity contribution in [3.63, 3.8) is 0 Å². The summed E-state index contributed by atoms with van der Waals surface area (Å²) < 4.78 is 23.6. The minimum absolute atomic E-state index is 0.0934. The molecule has 0 saturated heterocycles.